The number of thioether (sulfide) groups is 1. The molecule has 3 atom stereocenters. The van der Waals surface area contributed by atoms with Crippen LogP contribution in [0.15, 0.2) is 83.8 Å². The van der Waals surface area contributed by atoms with E-state index in [2.05, 4.69) is 98.4 Å². The second kappa shape index (κ2) is 18.8. The molecule has 0 amide bonds. The van der Waals surface area contributed by atoms with Crippen molar-refractivity contribution >= 4 is 53.2 Å². The van der Waals surface area contributed by atoms with Crippen molar-refractivity contribution < 1.29 is 28.2 Å². The molecular weight excluding hydrogens is 769 g/mol. The number of benzene rings is 3. The molecule has 11 nitrogen and oxygen atoms in total. The topological polar surface area (TPSA) is 126 Å². The number of carbonyl (C=O) groups is 1. The summed E-state index contributed by atoms with van der Waals surface area (Å²) < 4.78 is 34.2. The third kappa shape index (κ3) is 9.22. The van der Waals surface area contributed by atoms with E-state index in [0.29, 0.717) is 53.5 Å². The predicted octanol–water partition coefficient (Wildman–Crippen LogP) is 6.95. The maximum absolute atomic E-state index is 13.5. The van der Waals surface area contributed by atoms with Gasteiger partial charge in [-0.05, 0) is 40.9 Å². The minimum Gasteiger partial charge on any atom is -0.497 e. The van der Waals surface area contributed by atoms with Gasteiger partial charge in [-0.1, -0.05) is 93.3 Å². The number of nitrogens with zero attached hydrogens (tertiary/aromatic N) is 2. The Morgan fingerprint density at radius 1 is 1.07 bits per heavy atom. The number of hydrogen-bond acceptors (Lipinski definition) is 10. The molecule has 13 heteroatoms. The van der Waals surface area contributed by atoms with Crippen LogP contribution in [0, 0.1) is 18.8 Å². The van der Waals surface area contributed by atoms with E-state index in [1.54, 1.807) is 40.0 Å². The number of aromatic nitrogens is 3. The van der Waals surface area contributed by atoms with Crippen LogP contribution < -0.4 is 30.7 Å². The molecule has 3 heterocycles. The van der Waals surface area contributed by atoms with Gasteiger partial charge in [-0.3, -0.25) is 14.6 Å². The van der Waals surface area contributed by atoms with Crippen molar-refractivity contribution in [2.45, 2.75) is 83.1 Å². The van der Waals surface area contributed by atoms with E-state index in [9.17, 15) is 9.59 Å². The fourth-order valence-electron chi connectivity index (χ4n) is 7.67. The lowest BCUT2D eigenvalue weighted by Crippen LogP contribution is -2.67. The number of ether oxygens (including phenoxy) is 4. The van der Waals surface area contributed by atoms with Crippen molar-refractivity contribution in [2.24, 2.45) is 0 Å². The zero-order valence-electron chi connectivity index (χ0n) is 34.6. The van der Waals surface area contributed by atoms with Crippen molar-refractivity contribution in [1.29, 1.82) is 0 Å². The number of aromatic amines is 1. The van der Waals surface area contributed by atoms with Crippen LogP contribution in [0.1, 0.15) is 69.9 Å². The fraction of sp³-hybridized carbons (Fsp3) is 0.400. The molecule has 1 aliphatic rings. The van der Waals surface area contributed by atoms with E-state index in [4.69, 9.17) is 28.4 Å². The summed E-state index contributed by atoms with van der Waals surface area (Å²) in [5.74, 6) is 9.18. The van der Waals surface area contributed by atoms with E-state index in [1.165, 1.54) is 10.4 Å². The number of Topliss-reactive ketones (excluding diaryl/α,β-unsaturated/α-hetero) is 1. The summed E-state index contributed by atoms with van der Waals surface area (Å²) in [6.45, 7) is 10.6. The van der Waals surface area contributed by atoms with Crippen LogP contribution in [-0.4, -0.2) is 74.7 Å². The fourth-order valence-corrected chi connectivity index (χ4v) is 13.2. The summed E-state index contributed by atoms with van der Waals surface area (Å²) >= 11 is 1.65. The molecule has 0 radical (unpaired) electrons. The van der Waals surface area contributed by atoms with Crippen LogP contribution in [0.5, 0.6) is 11.5 Å². The molecule has 306 valence electrons. The first-order chi connectivity index (χ1) is 27.9. The maximum Gasteiger partial charge on any atom is 0.263 e. The van der Waals surface area contributed by atoms with E-state index >= 15 is 0 Å². The number of nitrogens with one attached hydrogen (secondary N) is 2. The zero-order valence-corrected chi connectivity index (χ0v) is 36.5. The Hall–Kier alpha value is -4.84. The summed E-state index contributed by atoms with van der Waals surface area (Å²) in [6, 6.07) is 25.0. The second-order valence-corrected chi connectivity index (χ2v) is 20.7. The number of rotatable bonds is 16. The van der Waals surface area contributed by atoms with Crippen LogP contribution in [0.4, 0.5) is 5.95 Å². The molecule has 0 spiro atoms. The third-order valence-corrected chi connectivity index (χ3v) is 16.4. The summed E-state index contributed by atoms with van der Waals surface area (Å²) in [6.07, 6.45) is 1.67. The zero-order chi connectivity index (χ0) is 41.5. The van der Waals surface area contributed by atoms with Gasteiger partial charge < -0.3 is 33.3 Å². The molecule has 6 rings (SSSR count). The number of methoxy groups -OCH3 is 2. The van der Waals surface area contributed by atoms with Crippen molar-refractivity contribution in [1.82, 2.24) is 14.5 Å². The largest absolute Gasteiger partial charge is 0.497 e. The minimum atomic E-state index is -2.92. The normalized spacial score (nSPS) is 16.9. The highest BCUT2D eigenvalue weighted by Gasteiger charge is 2.51. The molecule has 2 aromatic heterocycles. The first kappa shape index (κ1) is 42.8. The van der Waals surface area contributed by atoms with Gasteiger partial charge in [0.15, 0.2) is 5.65 Å². The SMILES string of the molecule is CNc1nc2c(c(C#CCCC(C)=O)cn2[C@H]2CC(OCSCc3c(C)cc(OC)cc3OC)[C@@H](CO[Si](c3ccccc3)(c3ccccc3)C(C)(C)C)O2)c(=O)[nH]1. The quantitative estimate of drug-likeness (QED) is 0.0468. The molecule has 1 fully saturated rings. The van der Waals surface area contributed by atoms with Gasteiger partial charge in [0.1, 0.15) is 29.6 Å². The van der Waals surface area contributed by atoms with E-state index in [-0.39, 0.29) is 29.1 Å². The highest BCUT2D eigenvalue weighted by molar-refractivity contribution is 7.98. The van der Waals surface area contributed by atoms with E-state index in [0.717, 1.165) is 22.6 Å². The number of aryl methyl sites for hydroxylation is 1. The Kier molecular flexibility index (Phi) is 13.9. The Bertz CT molecular complexity index is 2280. The maximum atomic E-state index is 13.5. The van der Waals surface area contributed by atoms with Gasteiger partial charge in [0.05, 0.1) is 43.8 Å². The van der Waals surface area contributed by atoms with Crippen molar-refractivity contribution in [2.75, 3.05) is 39.1 Å². The molecule has 5 aromatic rings. The standard InChI is InChI=1S/C45H54N4O7SSi/c1-30-23-33(52-7)24-37(53-8)36(30)28-57-29-54-38-25-40(49-26-32(18-16-15-17-31(2)50)41-42(49)47-44(46-6)48-43(41)51)56-39(38)27-55-58(45(3,4)5,34-19-11-9-12-20-34)35-21-13-10-14-22-35/h9-14,19-24,26,38-40H,15,17,25,27-29H2,1-8H3,(H2,46,47,48,51)/t38?,39-,40-/m1/s1. The number of H-pyrrole nitrogens is 1. The summed E-state index contributed by atoms with van der Waals surface area (Å²) in [5, 5.41) is 5.43. The number of fused-ring (bicyclic) bond motifs is 1. The van der Waals surface area contributed by atoms with Crippen LogP contribution >= 0.6 is 11.8 Å². The molecule has 1 saturated heterocycles. The van der Waals surface area contributed by atoms with Crippen molar-refractivity contribution in [3.05, 3.63) is 106 Å². The molecule has 2 N–H and O–H groups in total. The molecule has 3 aromatic carbocycles. The highest BCUT2D eigenvalue weighted by Crippen LogP contribution is 2.40. The van der Waals surface area contributed by atoms with Crippen LogP contribution in [0.25, 0.3) is 11.0 Å². The van der Waals surface area contributed by atoms with Gasteiger partial charge >= 0.3 is 0 Å². The Labute approximate surface area is 346 Å². The molecule has 1 unspecified atom stereocenters. The second-order valence-electron chi connectivity index (χ2n) is 15.5. The van der Waals surface area contributed by atoms with Gasteiger partial charge in [-0.25, -0.2) is 0 Å². The smallest absolute Gasteiger partial charge is 0.263 e. The molecular formula is C45H54N4O7SSi. The third-order valence-electron chi connectivity index (χ3n) is 10.6. The summed E-state index contributed by atoms with van der Waals surface area (Å²) in [4.78, 5) is 32.7. The first-order valence-electron chi connectivity index (χ1n) is 19.5. The summed E-state index contributed by atoms with van der Waals surface area (Å²) in [7, 11) is 2.10. The predicted molar refractivity (Wildman–Crippen MR) is 234 cm³/mol. The van der Waals surface area contributed by atoms with Crippen LogP contribution in [0.3, 0.4) is 0 Å². The molecule has 0 bridgehead atoms. The Morgan fingerprint density at radius 2 is 1.76 bits per heavy atom. The van der Waals surface area contributed by atoms with Crippen molar-refractivity contribution in [3.8, 4) is 23.3 Å². The van der Waals surface area contributed by atoms with Gasteiger partial charge in [0.25, 0.3) is 13.9 Å². The number of anilines is 1. The summed E-state index contributed by atoms with van der Waals surface area (Å²) in [5.41, 5.74) is 2.80. The average molecular weight is 823 g/mol. The average Bonchev–Trinajstić information content (AvgIpc) is 3.79. The highest BCUT2D eigenvalue weighted by atomic mass is 32.2. The van der Waals surface area contributed by atoms with Gasteiger partial charge in [-0.2, -0.15) is 4.98 Å². The van der Waals surface area contributed by atoms with Gasteiger partial charge in [0.2, 0.25) is 5.95 Å². The van der Waals surface area contributed by atoms with Crippen molar-refractivity contribution in [3.63, 3.8) is 0 Å². The first-order valence-corrected chi connectivity index (χ1v) is 22.6. The van der Waals surface area contributed by atoms with Gasteiger partial charge in [-0.15, -0.1) is 11.8 Å². The molecule has 0 saturated carbocycles. The molecule has 0 aliphatic carbocycles. The number of carbonyl (C=O) groups excluding carboxylic acids is 1. The van der Waals surface area contributed by atoms with E-state index < -0.39 is 20.6 Å². The lowest BCUT2D eigenvalue weighted by molar-refractivity contribution is -0.116. The Balaban J connectivity index is 1.35. The number of hydrogen-bond donors (Lipinski definition) is 2. The van der Waals surface area contributed by atoms with Crippen LogP contribution in [0.2, 0.25) is 5.04 Å². The Morgan fingerprint density at radius 3 is 2.36 bits per heavy atom. The minimum absolute atomic E-state index is 0.0584. The lowest BCUT2D eigenvalue weighted by Gasteiger charge is -2.43. The molecule has 1 aliphatic heterocycles. The monoisotopic (exact) mass is 822 g/mol. The van der Waals surface area contributed by atoms with Gasteiger partial charge in [0, 0.05) is 49.9 Å². The number of ketones is 1. The van der Waals surface area contributed by atoms with E-state index in [1.807, 2.05) is 35.0 Å². The lowest BCUT2D eigenvalue weighted by atomic mass is 10.1. The molecule has 58 heavy (non-hydrogen) atoms. The van der Waals surface area contributed by atoms with Crippen LogP contribution in [-0.2, 0) is 24.4 Å².